The van der Waals surface area contributed by atoms with Crippen molar-refractivity contribution in [1.82, 2.24) is 9.97 Å². The van der Waals surface area contributed by atoms with Crippen LogP contribution in [0.4, 0.5) is 11.5 Å². The number of pyridine rings is 2. The van der Waals surface area contributed by atoms with E-state index in [1.54, 1.807) is 24.0 Å². The number of hydrogen-bond acceptors (Lipinski definition) is 5. The van der Waals surface area contributed by atoms with Gasteiger partial charge >= 0.3 is 0 Å². The van der Waals surface area contributed by atoms with E-state index in [0.29, 0.717) is 11.6 Å². The van der Waals surface area contributed by atoms with Gasteiger partial charge in [-0.05, 0) is 79.8 Å². The fourth-order valence-electron chi connectivity index (χ4n) is 3.16. The Morgan fingerprint density at radius 3 is 2.62 bits per heavy atom. The van der Waals surface area contributed by atoms with E-state index in [1.165, 1.54) is 12.8 Å². The Labute approximate surface area is 175 Å². The van der Waals surface area contributed by atoms with Crippen LogP contribution in [-0.4, -0.2) is 21.9 Å². The van der Waals surface area contributed by atoms with Gasteiger partial charge in [0, 0.05) is 29.9 Å². The molecule has 1 fully saturated rings. The summed E-state index contributed by atoms with van der Waals surface area (Å²) < 4.78 is 0. The van der Waals surface area contributed by atoms with E-state index in [-0.39, 0.29) is 5.91 Å². The molecule has 29 heavy (non-hydrogen) atoms. The monoisotopic (exact) mass is 404 g/mol. The molecule has 1 amide bonds. The molecule has 0 aliphatic heterocycles. The number of rotatable bonds is 7. The van der Waals surface area contributed by atoms with E-state index in [4.69, 9.17) is 0 Å². The summed E-state index contributed by atoms with van der Waals surface area (Å²) in [7, 11) is 0. The van der Waals surface area contributed by atoms with E-state index in [0.717, 1.165) is 39.0 Å². The van der Waals surface area contributed by atoms with Gasteiger partial charge < -0.3 is 10.6 Å². The number of thioether (sulfide) groups is 1. The summed E-state index contributed by atoms with van der Waals surface area (Å²) in [6, 6.07) is 14.3. The van der Waals surface area contributed by atoms with Gasteiger partial charge in [-0.15, -0.1) is 11.8 Å². The lowest BCUT2D eigenvalue weighted by Crippen LogP contribution is -2.14. The molecular formula is C23H24N4OS. The number of nitrogens with one attached hydrogen (secondary N) is 2. The summed E-state index contributed by atoms with van der Waals surface area (Å²) in [5.41, 5.74) is 4.78. The summed E-state index contributed by atoms with van der Waals surface area (Å²) >= 11 is 1.56. The molecule has 4 rings (SSSR count). The van der Waals surface area contributed by atoms with Crippen LogP contribution in [-0.2, 0) is 5.75 Å². The van der Waals surface area contributed by atoms with Crippen LogP contribution in [0.2, 0.25) is 0 Å². The highest BCUT2D eigenvalue weighted by Gasteiger charge is 2.21. The highest BCUT2D eigenvalue weighted by Crippen LogP contribution is 2.27. The molecule has 0 atom stereocenters. The van der Waals surface area contributed by atoms with E-state index in [9.17, 15) is 4.79 Å². The van der Waals surface area contributed by atoms with Crippen molar-refractivity contribution in [3.63, 3.8) is 0 Å². The molecule has 148 valence electrons. The summed E-state index contributed by atoms with van der Waals surface area (Å²) in [5.74, 6) is 1.50. The number of aromatic nitrogens is 2. The average molecular weight is 405 g/mol. The lowest BCUT2D eigenvalue weighted by molar-refractivity contribution is 0.102. The molecular weight excluding hydrogens is 380 g/mol. The van der Waals surface area contributed by atoms with Crippen molar-refractivity contribution in [2.75, 3.05) is 10.6 Å². The second-order valence-electron chi connectivity index (χ2n) is 7.44. The van der Waals surface area contributed by atoms with E-state index in [1.807, 2.05) is 44.3 Å². The first-order valence-corrected chi connectivity index (χ1v) is 10.7. The molecule has 3 aromatic rings. The van der Waals surface area contributed by atoms with Gasteiger partial charge in [0.2, 0.25) is 0 Å². The number of carbonyl (C=O) groups excluding carboxylic acids is 1. The van der Waals surface area contributed by atoms with Gasteiger partial charge in [0.1, 0.15) is 10.8 Å². The van der Waals surface area contributed by atoms with Crippen LogP contribution < -0.4 is 10.6 Å². The third kappa shape index (κ3) is 5.35. The standard InChI is InChI=1S/C23H24N4OS/c1-15-10-16(2)12-19(11-15)27-22(28)20-4-3-8-25-23(20)29-14-17-7-9-24-21(13-17)26-18-5-6-18/h3-4,7-13,18H,5-6,14H2,1-2H3,(H,24,26)(H,27,28). The third-order valence-electron chi connectivity index (χ3n) is 4.62. The molecule has 6 heteroatoms. The number of hydrogen-bond donors (Lipinski definition) is 2. The van der Waals surface area contributed by atoms with E-state index < -0.39 is 0 Å². The molecule has 2 heterocycles. The van der Waals surface area contributed by atoms with Gasteiger partial charge in [0.05, 0.1) is 5.56 Å². The largest absolute Gasteiger partial charge is 0.367 e. The van der Waals surface area contributed by atoms with Crippen LogP contribution in [0.25, 0.3) is 0 Å². The van der Waals surface area contributed by atoms with E-state index >= 15 is 0 Å². The number of benzene rings is 1. The summed E-state index contributed by atoms with van der Waals surface area (Å²) in [4.78, 5) is 21.7. The zero-order valence-corrected chi connectivity index (χ0v) is 17.4. The quantitative estimate of drug-likeness (QED) is 0.529. The van der Waals surface area contributed by atoms with Crippen molar-refractivity contribution in [1.29, 1.82) is 0 Å². The Balaban J connectivity index is 1.45. The van der Waals surface area contributed by atoms with Gasteiger partial charge in [-0.25, -0.2) is 9.97 Å². The molecule has 1 aliphatic carbocycles. The maximum Gasteiger partial charge on any atom is 0.258 e. The number of aryl methyl sites for hydroxylation is 2. The predicted molar refractivity (Wildman–Crippen MR) is 119 cm³/mol. The summed E-state index contributed by atoms with van der Waals surface area (Å²) in [6.07, 6.45) is 5.98. The van der Waals surface area contributed by atoms with Crippen molar-refractivity contribution < 1.29 is 4.79 Å². The van der Waals surface area contributed by atoms with Crippen LogP contribution >= 0.6 is 11.8 Å². The molecule has 0 radical (unpaired) electrons. The highest BCUT2D eigenvalue weighted by atomic mass is 32.2. The van der Waals surface area contributed by atoms with Crippen molar-refractivity contribution in [2.45, 2.75) is 43.5 Å². The Kier molecular flexibility index (Phi) is 5.81. The Morgan fingerprint density at radius 1 is 1.07 bits per heavy atom. The van der Waals surface area contributed by atoms with Crippen LogP contribution in [0.1, 0.15) is 39.9 Å². The first-order chi connectivity index (χ1) is 14.1. The van der Waals surface area contributed by atoms with Crippen LogP contribution in [0.15, 0.2) is 59.9 Å². The maximum absolute atomic E-state index is 12.9. The lowest BCUT2D eigenvalue weighted by Gasteiger charge is -2.11. The fourth-order valence-corrected chi connectivity index (χ4v) is 4.09. The third-order valence-corrected chi connectivity index (χ3v) is 5.70. The topological polar surface area (TPSA) is 66.9 Å². The minimum atomic E-state index is -0.142. The number of nitrogens with zero attached hydrogens (tertiary/aromatic N) is 2. The smallest absolute Gasteiger partial charge is 0.258 e. The molecule has 0 saturated heterocycles. The Morgan fingerprint density at radius 2 is 1.86 bits per heavy atom. The minimum absolute atomic E-state index is 0.142. The molecule has 0 bridgehead atoms. The molecule has 2 N–H and O–H groups in total. The zero-order valence-electron chi connectivity index (χ0n) is 16.6. The molecule has 0 unspecified atom stereocenters. The normalized spacial score (nSPS) is 13.2. The molecule has 2 aromatic heterocycles. The number of carbonyl (C=O) groups is 1. The molecule has 1 aromatic carbocycles. The van der Waals surface area contributed by atoms with Gasteiger partial charge in [-0.2, -0.15) is 0 Å². The predicted octanol–water partition coefficient (Wildman–Crippen LogP) is 5.21. The van der Waals surface area contributed by atoms with Gasteiger partial charge in [0.15, 0.2) is 0 Å². The van der Waals surface area contributed by atoms with E-state index in [2.05, 4.69) is 32.7 Å². The zero-order chi connectivity index (χ0) is 20.2. The molecule has 1 aliphatic rings. The number of anilines is 2. The Hall–Kier alpha value is -2.86. The maximum atomic E-state index is 12.9. The van der Waals surface area contributed by atoms with Gasteiger partial charge in [-0.3, -0.25) is 4.79 Å². The van der Waals surface area contributed by atoms with Gasteiger partial charge in [0.25, 0.3) is 5.91 Å². The average Bonchev–Trinajstić information content (AvgIpc) is 3.50. The number of amides is 1. The van der Waals surface area contributed by atoms with Gasteiger partial charge in [-0.1, -0.05) is 6.07 Å². The van der Waals surface area contributed by atoms with Crippen LogP contribution in [0.5, 0.6) is 0 Å². The molecule has 1 saturated carbocycles. The Bertz CT molecular complexity index is 1010. The highest BCUT2D eigenvalue weighted by molar-refractivity contribution is 7.98. The first kappa shape index (κ1) is 19.5. The molecule has 5 nitrogen and oxygen atoms in total. The second-order valence-corrected chi connectivity index (χ2v) is 8.41. The van der Waals surface area contributed by atoms with Crippen LogP contribution in [0.3, 0.4) is 0 Å². The molecule has 0 spiro atoms. The first-order valence-electron chi connectivity index (χ1n) is 9.76. The second kappa shape index (κ2) is 8.66. The summed E-state index contributed by atoms with van der Waals surface area (Å²) in [5, 5.41) is 7.15. The van der Waals surface area contributed by atoms with Crippen molar-refractivity contribution in [3.05, 3.63) is 77.1 Å². The van der Waals surface area contributed by atoms with Crippen molar-refractivity contribution in [3.8, 4) is 0 Å². The van der Waals surface area contributed by atoms with Crippen molar-refractivity contribution in [2.24, 2.45) is 0 Å². The van der Waals surface area contributed by atoms with Crippen molar-refractivity contribution >= 4 is 29.2 Å². The summed E-state index contributed by atoms with van der Waals surface area (Å²) in [6.45, 7) is 4.05. The van der Waals surface area contributed by atoms with Crippen LogP contribution in [0, 0.1) is 13.8 Å². The SMILES string of the molecule is Cc1cc(C)cc(NC(=O)c2cccnc2SCc2ccnc(NC3CC3)c2)c1. The fraction of sp³-hybridized carbons (Fsp3) is 0.261. The minimum Gasteiger partial charge on any atom is -0.367 e. The lowest BCUT2D eigenvalue weighted by atomic mass is 10.1.